The molecule has 3 aromatic rings. The van der Waals surface area contributed by atoms with E-state index in [0.29, 0.717) is 35.3 Å². The minimum atomic E-state index is -1.79. The van der Waals surface area contributed by atoms with Gasteiger partial charge in [0.1, 0.15) is 11.5 Å². The second-order valence-corrected chi connectivity index (χ2v) is 10.2. The van der Waals surface area contributed by atoms with Crippen molar-refractivity contribution >= 4 is 45.5 Å². The Morgan fingerprint density at radius 3 is 2.90 bits per heavy atom. The highest BCUT2D eigenvalue weighted by molar-refractivity contribution is 7.17. The molecule has 1 aromatic carbocycles. The van der Waals surface area contributed by atoms with Gasteiger partial charge in [0, 0.05) is 43.1 Å². The van der Waals surface area contributed by atoms with Crippen molar-refractivity contribution in [3.63, 3.8) is 0 Å². The van der Waals surface area contributed by atoms with Gasteiger partial charge in [-0.2, -0.15) is 4.39 Å². The molecule has 13 heteroatoms. The van der Waals surface area contributed by atoms with Gasteiger partial charge in [0.15, 0.2) is 5.95 Å². The van der Waals surface area contributed by atoms with Crippen molar-refractivity contribution in [3.05, 3.63) is 53.8 Å². The molecule has 1 fully saturated rings. The third-order valence-corrected chi connectivity index (χ3v) is 7.83. The first-order valence-electron chi connectivity index (χ1n) is 13.0. The number of hydrogen-bond donors (Lipinski definition) is 3. The van der Waals surface area contributed by atoms with Gasteiger partial charge in [-0.25, -0.2) is 19.2 Å². The number of benzene rings is 1. The van der Waals surface area contributed by atoms with Gasteiger partial charge in [0.2, 0.25) is 5.79 Å². The summed E-state index contributed by atoms with van der Waals surface area (Å²) in [4.78, 5) is 40.7. The maximum absolute atomic E-state index is 16.1. The third kappa shape index (κ3) is 5.02. The monoisotopic (exact) mass is 569 g/mol. The average molecular weight is 570 g/mol. The van der Waals surface area contributed by atoms with Crippen LogP contribution in [0.25, 0.3) is 21.5 Å². The molecule has 3 N–H and O–H groups in total. The number of ether oxygens (including phenoxy) is 1. The molecule has 10 nitrogen and oxygen atoms in total. The van der Waals surface area contributed by atoms with Crippen molar-refractivity contribution in [2.75, 3.05) is 31.1 Å². The summed E-state index contributed by atoms with van der Waals surface area (Å²) in [6, 6.07) is 5.43. The predicted molar refractivity (Wildman–Crippen MR) is 149 cm³/mol. The molecule has 210 valence electrons. The van der Waals surface area contributed by atoms with E-state index in [0.717, 1.165) is 0 Å². The van der Waals surface area contributed by atoms with Gasteiger partial charge in [-0.05, 0) is 51.1 Å². The number of rotatable bonds is 7. The summed E-state index contributed by atoms with van der Waals surface area (Å²) in [5.41, 5.74) is 2.83. The highest BCUT2D eigenvalue weighted by Crippen LogP contribution is 2.44. The molecule has 40 heavy (non-hydrogen) atoms. The summed E-state index contributed by atoms with van der Waals surface area (Å²) in [6.07, 6.45) is 4.31. The zero-order chi connectivity index (χ0) is 28.3. The molecule has 4 heterocycles. The Kier molecular flexibility index (Phi) is 8.03. The van der Waals surface area contributed by atoms with Crippen LogP contribution >= 0.6 is 11.3 Å². The van der Waals surface area contributed by atoms with Crippen LogP contribution < -0.4 is 20.9 Å². The number of halogens is 2. The molecule has 0 spiro atoms. The number of allylic oxidation sites excluding steroid dienone is 1. The first kappa shape index (κ1) is 27.6. The summed E-state index contributed by atoms with van der Waals surface area (Å²) in [6.45, 7) is 4.72. The molecule has 3 unspecified atom stereocenters. The van der Waals surface area contributed by atoms with Crippen LogP contribution in [-0.4, -0.2) is 60.2 Å². The van der Waals surface area contributed by atoms with Crippen molar-refractivity contribution < 1.29 is 23.1 Å². The van der Waals surface area contributed by atoms with Gasteiger partial charge >= 0.3 is 12.0 Å². The van der Waals surface area contributed by atoms with E-state index in [9.17, 15) is 14.0 Å². The van der Waals surface area contributed by atoms with Crippen LogP contribution in [0.3, 0.4) is 0 Å². The number of nitrogens with one attached hydrogen (secondary N) is 3. The van der Waals surface area contributed by atoms with Crippen LogP contribution in [0.5, 0.6) is 0 Å². The number of fused-ring (bicyclic) bond motifs is 1. The van der Waals surface area contributed by atoms with Crippen LogP contribution in [-0.2, 0) is 9.53 Å². The van der Waals surface area contributed by atoms with E-state index in [1.165, 1.54) is 46.9 Å². The number of urea groups is 1. The van der Waals surface area contributed by atoms with Gasteiger partial charge in [0.25, 0.3) is 0 Å². The summed E-state index contributed by atoms with van der Waals surface area (Å²) in [7, 11) is 0. The Labute approximate surface area is 233 Å². The fourth-order valence-corrected chi connectivity index (χ4v) is 6.08. The number of piperidine rings is 1. The number of aliphatic imine (C=N–C) groups is 1. The zero-order valence-electron chi connectivity index (χ0n) is 22.0. The fraction of sp³-hybridized carbons (Fsp3) is 0.370. The molecule has 0 aliphatic carbocycles. The molecule has 0 saturated carbocycles. The first-order valence-corrected chi connectivity index (χ1v) is 13.9. The van der Waals surface area contributed by atoms with E-state index in [1.807, 2.05) is 0 Å². The standard InChI is InChI=1S/C27H29F2N7O3S/c1-3-31-26(38)35-27(19-14-30-10-7-17(19)25(37)39-4-2)34-11-8-22(29)36(27)16-12-18(23-20(28)6-5-9-32-23)24-21(13-16)33-15-40-24/h5-6,8-9,11-13,15,17,19,30H,3-4,7,10,14H2,1-2H3,(H2,31,35,38). The number of esters is 1. The molecule has 2 amide bonds. The number of anilines is 1. The summed E-state index contributed by atoms with van der Waals surface area (Å²) >= 11 is 1.30. The van der Waals surface area contributed by atoms with Crippen molar-refractivity contribution in [1.29, 1.82) is 0 Å². The minimum Gasteiger partial charge on any atom is -0.466 e. The SMILES string of the molecule is CCNC(=O)NC1(C2CNCCC2C(=O)OCC)N=CC=C(F)N1c1cc(-c2ncccc2F)c2scnc2c1. The van der Waals surface area contributed by atoms with E-state index in [1.54, 1.807) is 31.5 Å². The van der Waals surface area contributed by atoms with Gasteiger partial charge in [-0.15, -0.1) is 11.3 Å². The Morgan fingerprint density at radius 1 is 1.27 bits per heavy atom. The Balaban J connectivity index is 1.72. The van der Waals surface area contributed by atoms with E-state index in [4.69, 9.17) is 4.74 Å². The van der Waals surface area contributed by atoms with Crippen LogP contribution in [0.15, 0.2) is 53.0 Å². The lowest BCUT2D eigenvalue weighted by Gasteiger charge is -2.50. The lowest BCUT2D eigenvalue weighted by Crippen LogP contribution is -2.70. The van der Waals surface area contributed by atoms with Crippen molar-refractivity contribution in [3.8, 4) is 11.3 Å². The molecule has 0 bridgehead atoms. The first-order chi connectivity index (χ1) is 19.4. The Bertz CT molecular complexity index is 1480. The Morgan fingerprint density at radius 2 is 2.12 bits per heavy atom. The van der Waals surface area contributed by atoms with Crippen molar-refractivity contribution in [2.45, 2.75) is 26.1 Å². The average Bonchev–Trinajstić information content (AvgIpc) is 3.42. The predicted octanol–water partition coefficient (Wildman–Crippen LogP) is 3.96. The van der Waals surface area contributed by atoms with Crippen LogP contribution in [0.2, 0.25) is 0 Å². The molecule has 3 atom stereocenters. The number of pyridine rings is 1. The van der Waals surface area contributed by atoms with Crippen molar-refractivity contribution in [1.82, 2.24) is 25.9 Å². The maximum atomic E-state index is 16.1. The van der Waals surface area contributed by atoms with Gasteiger partial charge in [-0.3, -0.25) is 20.0 Å². The summed E-state index contributed by atoms with van der Waals surface area (Å²) in [5.74, 6) is -4.98. The molecule has 2 aromatic heterocycles. The van der Waals surface area contributed by atoms with Crippen LogP contribution in [0.1, 0.15) is 20.3 Å². The number of aromatic nitrogens is 2. The second-order valence-electron chi connectivity index (χ2n) is 9.30. The summed E-state index contributed by atoms with van der Waals surface area (Å²) in [5, 5.41) is 8.80. The number of hydrogen-bond acceptors (Lipinski definition) is 9. The molecule has 5 rings (SSSR count). The van der Waals surface area contributed by atoms with Crippen molar-refractivity contribution in [2.24, 2.45) is 16.8 Å². The van der Waals surface area contributed by atoms with Gasteiger partial charge in [-0.1, -0.05) is 0 Å². The quantitative estimate of drug-likeness (QED) is 0.291. The zero-order valence-corrected chi connectivity index (χ0v) is 22.8. The summed E-state index contributed by atoms with van der Waals surface area (Å²) < 4.78 is 37.1. The minimum absolute atomic E-state index is 0.0783. The number of carbonyl (C=O) groups is 2. The lowest BCUT2D eigenvalue weighted by atomic mass is 9.79. The van der Waals surface area contributed by atoms with E-state index in [2.05, 4.69) is 30.9 Å². The van der Waals surface area contributed by atoms with E-state index >= 15 is 4.39 Å². The molecular weight excluding hydrogens is 540 g/mol. The largest absolute Gasteiger partial charge is 0.466 e. The molecule has 0 radical (unpaired) electrons. The van der Waals surface area contributed by atoms with Crippen LogP contribution in [0, 0.1) is 17.7 Å². The number of amides is 2. The third-order valence-electron chi connectivity index (χ3n) is 6.95. The second kappa shape index (κ2) is 11.6. The van der Waals surface area contributed by atoms with E-state index in [-0.39, 0.29) is 24.5 Å². The fourth-order valence-electron chi connectivity index (χ4n) is 5.30. The smallest absolute Gasteiger partial charge is 0.318 e. The van der Waals surface area contributed by atoms with Crippen LogP contribution in [0.4, 0.5) is 19.3 Å². The molecule has 2 aliphatic rings. The number of carbonyl (C=O) groups excluding carboxylic acids is 2. The number of nitrogens with zero attached hydrogens (tertiary/aromatic N) is 4. The molecule has 1 saturated heterocycles. The Hall–Kier alpha value is -3.97. The molecular formula is C27H29F2N7O3S. The van der Waals surface area contributed by atoms with E-state index < -0.39 is 41.4 Å². The molecule has 2 aliphatic heterocycles. The number of thiazole rings is 1. The van der Waals surface area contributed by atoms with Gasteiger partial charge in [0.05, 0.1) is 33.9 Å². The normalized spacial score (nSPS) is 22.6. The highest BCUT2D eigenvalue weighted by atomic mass is 32.1. The topological polar surface area (TPSA) is 121 Å². The maximum Gasteiger partial charge on any atom is 0.318 e. The van der Waals surface area contributed by atoms with Gasteiger partial charge < -0.3 is 15.4 Å². The highest BCUT2D eigenvalue weighted by Gasteiger charge is 2.54. The lowest BCUT2D eigenvalue weighted by molar-refractivity contribution is -0.152.